The summed E-state index contributed by atoms with van der Waals surface area (Å²) in [5.74, 6) is -0.207. The number of aromatic nitrogens is 2. The van der Waals surface area contributed by atoms with Crippen molar-refractivity contribution in [1.29, 1.82) is 0 Å². The summed E-state index contributed by atoms with van der Waals surface area (Å²) in [7, 11) is 0. The van der Waals surface area contributed by atoms with Crippen LogP contribution in [0.15, 0.2) is 33.5 Å². The molecule has 6 nitrogen and oxygen atoms in total. The number of furan rings is 1. The summed E-state index contributed by atoms with van der Waals surface area (Å²) in [5.41, 5.74) is -0.348. The van der Waals surface area contributed by atoms with E-state index in [2.05, 4.69) is 15.5 Å². The number of nitrogens with one attached hydrogen (secondary N) is 2. The molecule has 0 saturated carbocycles. The molecule has 0 aliphatic rings. The van der Waals surface area contributed by atoms with Crippen LogP contribution in [-0.4, -0.2) is 16.1 Å². The molecule has 0 spiro atoms. The van der Waals surface area contributed by atoms with Gasteiger partial charge in [0.1, 0.15) is 0 Å². The number of halogens is 1. The van der Waals surface area contributed by atoms with Crippen LogP contribution in [0, 0.1) is 0 Å². The first-order valence-electron chi connectivity index (χ1n) is 4.27. The maximum absolute atomic E-state index is 11.5. The first-order valence-corrected chi connectivity index (χ1v) is 4.65. The van der Waals surface area contributed by atoms with Gasteiger partial charge in [0.2, 0.25) is 0 Å². The minimum absolute atomic E-state index is 0.0676. The second kappa shape index (κ2) is 4.19. The maximum atomic E-state index is 11.5. The summed E-state index contributed by atoms with van der Waals surface area (Å²) >= 11 is 5.52. The minimum atomic E-state index is -0.494. The fraction of sp³-hybridized carbons (Fsp3) is 0. The molecule has 2 N–H and O–H groups in total. The van der Waals surface area contributed by atoms with Gasteiger partial charge in [-0.05, 0) is 29.8 Å². The number of carbonyl (C=O) groups is 1. The van der Waals surface area contributed by atoms with Gasteiger partial charge in [-0.2, -0.15) is 5.10 Å². The Morgan fingerprint density at radius 3 is 2.75 bits per heavy atom. The number of carbonyl (C=O) groups excluding carboxylic acids is 1. The molecule has 16 heavy (non-hydrogen) atoms. The first kappa shape index (κ1) is 10.4. The molecule has 0 atom stereocenters. The molecule has 2 heterocycles. The average Bonchev–Trinajstić information content (AvgIpc) is 2.68. The van der Waals surface area contributed by atoms with Crippen molar-refractivity contribution in [1.82, 2.24) is 10.2 Å². The normalized spacial score (nSPS) is 10.1. The van der Waals surface area contributed by atoms with E-state index in [9.17, 15) is 9.59 Å². The topological polar surface area (TPSA) is 88.0 Å². The zero-order valence-electron chi connectivity index (χ0n) is 7.86. The third-order valence-corrected chi connectivity index (χ3v) is 1.92. The fourth-order valence-corrected chi connectivity index (χ4v) is 1.17. The van der Waals surface area contributed by atoms with Crippen LogP contribution in [0.5, 0.6) is 0 Å². The molecule has 0 aliphatic carbocycles. The number of H-pyrrole nitrogens is 1. The van der Waals surface area contributed by atoms with E-state index < -0.39 is 5.91 Å². The molecule has 7 heteroatoms. The van der Waals surface area contributed by atoms with Crippen LogP contribution < -0.4 is 10.9 Å². The molecule has 2 aromatic rings. The van der Waals surface area contributed by atoms with Crippen molar-refractivity contribution < 1.29 is 9.21 Å². The van der Waals surface area contributed by atoms with Gasteiger partial charge in [0.25, 0.3) is 11.5 Å². The van der Waals surface area contributed by atoms with E-state index in [1.54, 1.807) is 0 Å². The standard InChI is InChI=1S/C9H6ClN3O3/c10-6-2-1-5(16-6)9(15)11-7-3-4-8(14)13-12-7/h1-4H,(H,13,14)(H,11,12,15). The largest absolute Gasteiger partial charge is 0.440 e. The van der Waals surface area contributed by atoms with Gasteiger partial charge in [-0.1, -0.05) is 0 Å². The van der Waals surface area contributed by atoms with E-state index in [1.165, 1.54) is 24.3 Å². The summed E-state index contributed by atoms with van der Waals surface area (Å²) in [6.45, 7) is 0. The smallest absolute Gasteiger partial charge is 0.292 e. The van der Waals surface area contributed by atoms with Crippen LogP contribution in [0.25, 0.3) is 0 Å². The van der Waals surface area contributed by atoms with E-state index in [-0.39, 0.29) is 22.4 Å². The predicted molar refractivity (Wildman–Crippen MR) is 56.5 cm³/mol. The Balaban J connectivity index is 2.13. The molecular formula is C9H6ClN3O3. The van der Waals surface area contributed by atoms with E-state index in [0.29, 0.717) is 0 Å². The van der Waals surface area contributed by atoms with Crippen molar-refractivity contribution >= 4 is 23.3 Å². The lowest BCUT2D eigenvalue weighted by Gasteiger charge is -1.99. The quantitative estimate of drug-likeness (QED) is 0.826. The number of nitrogens with zero attached hydrogens (tertiary/aromatic N) is 1. The summed E-state index contributed by atoms with van der Waals surface area (Å²) in [4.78, 5) is 22.2. The number of aromatic amines is 1. The van der Waals surface area contributed by atoms with Crippen LogP contribution in [0.4, 0.5) is 5.82 Å². The van der Waals surface area contributed by atoms with Gasteiger partial charge in [-0.25, -0.2) is 5.10 Å². The van der Waals surface area contributed by atoms with Gasteiger partial charge >= 0.3 is 0 Å². The lowest BCUT2D eigenvalue weighted by Crippen LogP contribution is -2.15. The van der Waals surface area contributed by atoms with Gasteiger partial charge in [0, 0.05) is 6.07 Å². The molecule has 1 amide bonds. The van der Waals surface area contributed by atoms with E-state index in [4.69, 9.17) is 16.0 Å². The Morgan fingerprint density at radius 2 is 2.19 bits per heavy atom. The van der Waals surface area contributed by atoms with Crippen molar-refractivity contribution in [2.45, 2.75) is 0 Å². The average molecular weight is 240 g/mol. The van der Waals surface area contributed by atoms with Crippen LogP contribution in [-0.2, 0) is 0 Å². The summed E-state index contributed by atoms with van der Waals surface area (Å²) in [6.07, 6.45) is 0. The molecule has 0 unspecified atom stereocenters. The molecule has 0 fully saturated rings. The third kappa shape index (κ3) is 2.29. The zero-order valence-corrected chi connectivity index (χ0v) is 8.62. The Labute approximate surface area is 94.2 Å². The highest BCUT2D eigenvalue weighted by molar-refractivity contribution is 6.29. The molecule has 0 bridgehead atoms. The summed E-state index contributed by atoms with van der Waals surface area (Å²) in [6, 6.07) is 5.51. The SMILES string of the molecule is O=C(Nc1ccc(=O)[nH]n1)c1ccc(Cl)o1. The van der Waals surface area contributed by atoms with Crippen LogP contribution in [0.3, 0.4) is 0 Å². The number of rotatable bonds is 2. The highest BCUT2D eigenvalue weighted by Crippen LogP contribution is 2.14. The number of anilines is 1. The van der Waals surface area contributed by atoms with E-state index in [0.717, 1.165) is 0 Å². The third-order valence-electron chi connectivity index (χ3n) is 1.72. The Morgan fingerprint density at radius 1 is 1.38 bits per heavy atom. The number of hydrogen-bond acceptors (Lipinski definition) is 4. The summed E-state index contributed by atoms with van der Waals surface area (Å²) < 4.78 is 4.89. The Hall–Kier alpha value is -2.08. The molecule has 0 aromatic carbocycles. The van der Waals surface area contributed by atoms with E-state index >= 15 is 0 Å². The minimum Gasteiger partial charge on any atom is -0.440 e. The molecular weight excluding hydrogens is 234 g/mol. The zero-order chi connectivity index (χ0) is 11.5. The van der Waals surface area contributed by atoms with Gasteiger partial charge in [-0.3, -0.25) is 9.59 Å². The summed E-state index contributed by atoms with van der Waals surface area (Å²) in [5, 5.41) is 8.34. The van der Waals surface area contributed by atoms with Crippen molar-refractivity contribution in [3.63, 3.8) is 0 Å². The van der Waals surface area contributed by atoms with Crippen molar-refractivity contribution in [2.24, 2.45) is 0 Å². The predicted octanol–water partition coefficient (Wildman–Crippen LogP) is 1.27. The highest BCUT2D eigenvalue weighted by Gasteiger charge is 2.11. The molecule has 0 saturated heterocycles. The second-order valence-electron chi connectivity index (χ2n) is 2.86. The van der Waals surface area contributed by atoms with Crippen molar-refractivity contribution in [3.8, 4) is 0 Å². The monoisotopic (exact) mass is 239 g/mol. The first-order chi connectivity index (χ1) is 7.65. The van der Waals surface area contributed by atoms with E-state index in [1.807, 2.05) is 0 Å². The lowest BCUT2D eigenvalue weighted by atomic mass is 10.4. The van der Waals surface area contributed by atoms with Crippen LogP contribution in [0.2, 0.25) is 5.22 Å². The van der Waals surface area contributed by atoms with Crippen LogP contribution >= 0.6 is 11.6 Å². The van der Waals surface area contributed by atoms with Gasteiger partial charge in [-0.15, -0.1) is 0 Å². The highest BCUT2D eigenvalue weighted by atomic mass is 35.5. The number of amides is 1. The fourth-order valence-electron chi connectivity index (χ4n) is 1.03. The second-order valence-corrected chi connectivity index (χ2v) is 3.24. The number of hydrogen-bond donors (Lipinski definition) is 2. The molecule has 2 aromatic heterocycles. The maximum Gasteiger partial charge on any atom is 0.292 e. The van der Waals surface area contributed by atoms with Crippen LogP contribution in [0.1, 0.15) is 10.6 Å². The van der Waals surface area contributed by atoms with Gasteiger partial charge < -0.3 is 9.73 Å². The Kier molecular flexibility index (Phi) is 2.74. The van der Waals surface area contributed by atoms with Crippen molar-refractivity contribution in [2.75, 3.05) is 5.32 Å². The molecule has 0 radical (unpaired) electrons. The van der Waals surface area contributed by atoms with Gasteiger partial charge in [0.15, 0.2) is 16.8 Å². The van der Waals surface area contributed by atoms with Crippen molar-refractivity contribution in [3.05, 3.63) is 45.6 Å². The van der Waals surface area contributed by atoms with Gasteiger partial charge in [0.05, 0.1) is 0 Å². The lowest BCUT2D eigenvalue weighted by molar-refractivity contribution is 0.0996. The molecule has 82 valence electrons. The molecule has 2 rings (SSSR count). The Bertz CT molecular complexity index is 555. The molecule has 0 aliphatic heterocycles.